The molecule has 1 aromatic rings. The molecule has 5 heteroatoms. The predicted molar refractivity (Wildman–Crippen MR) is 73.1 cm³/mol. The van der Waals surface area contributed by atoms with E-state index in [1.54, 1.807) is 24.3 Å². The van der Waals surface area contributed by atoms with E-state index in [1.165, 1.54) is 0 Å². The summed E-state index contributed by atoms with van der Waals surface area (Å²) in [6.45, 7) is 3.69. The summed E-state index contributed by atoms with van der Waals surface area (Å²) in [6, 6.07) is 11.3. The average molecular weight is 271 g/mol. The Morgan fingerprint density at radius 2 is 2.10 bits per heavy atom. The molecule has 0 N–H and O–H groups in total. The average Bonchev–Trinajstić information content (AvgIpc) is 2.52. The molecule has 1 aliphatic heterocycles. The topological polar surface area (TPSA) is 69.3 Å². The Morgan fingerprint density at radius 1 is 1.30 bits per heavy atom. The van der Waals surface area contributed by atoms with Gasteiger partial charge in [-0.1, -0.05) is 0 Å². The molecule has 1 fully saturated rings. The first-order valence-corrected chi connectivity index (χ1v) is 6.68. The maximum atomic E-state index is 8.82. The van der Waals surface area contributed by atoms with Gasteiger partial charge < -0.3 is 9.47 Å². The molecule has 0 radical (unpaired) electrons. The first-order valence-electron chi connectivity index (χ1n) is 6.68. The van der Waals surface area contributed by atoms with Crippen LogP contribution < -0.4 is 4.74 Å². The largest absolute Gasteiger partial charge is 0.494 e. The minimum Gasteiger partial charge on any atom is -0.494 e. The summed E-state index contributed by atoms with van der Waals surface area (Å²) in [4.78, 5) is 2.22. The summed E-state index contributed by atoms with van der Waals surface area (Å²) in [7, 11) is 0. The summed E-state index contributed by atoms with van der Waals surface area (Å²) in [5.41, 5.74) is 0.633. The Balaban J connectivity index is 1.66. The maximum Gasteiger partial charge on any atom is 0.156 e. The molecule has 0 spiro atoms. The maximum absolute atomic E-state index is 8.82. The lowest BCUT2D eigenvalue weighted by atomic mass is 10.2. The monoisotopic (exact) mass is 271 g/mol. The van der Waals surface area contributed by atoms with Crippen molar-refractivity contribution in [3.8, 4) is 17.9 Å². The summed E-state index contributed by atoms with van der Waals surface area (Å²) in [5, 5.41) is 17.5. The van der Waals surface area contributed by atoms with Crippen LogP contribution in [0, 0.1) is 22.7 Å². The molecule has 0 amide bonds. The molecule has 1 aromatic carbocycles. The van der Waals surface area contributed by atoms with E-state index in [1.807, 2.05) is 0 Å². The molecule has 104 valence electrons. The molecule has 1 saturated heterocycles. The van der Waals surface area contributed by atoms with Gasteiger partial charge >= 0.3 is 0 Å². The number of nitriles is 2. The van der Waals surface area contributed by atoms with Crippen molar-refractivity contribution in [3.05, 3.63) is 29.8 Å². The summed E-state index contributed by atoms with van der Waals surface area (Å²) >= 11 is 0. The van der Waals surface area contributed by atoms with Gasteiger partial charge in [0.1, 0.15) is 5.75 Å². The SMILES string of the molecule is N#Cc1ccc(OCCCN2CCOC(C#N)C2)cc1. The molecule has 0 bridgehead atoms. The molecule has 0 aliphatic carbocycles. The van der Waals surface area contributed by atoms with Crippen molar-refractivity contribution in [3.63, 3.8) is 0 Å². The predicted octanol–water partition coefficient (Wildman–Crippen LogP) is 1.55. The van der Waals surface area contributed by atoms with E-state index in [2.05, 4.69) is 17.0 Å². The normalized spacial score (nSPS) is 19.0. The van der Waals surface area contributed by atoms with Gasteiger partial charge in [-0.25, -0.2) is 0 Å². The number of hydrogen-bond acceptors (Lipinski definition) is 5. The van der Waals surface area contributed by atoms with Crippen molar-refractivity contribution in [2.24, 2.45) is 0 Å². The third-order valence-corrected chi connectivity index (χ3v) is 3.17. The van der Waals surface area contributed by atoms with Gasteiger partial charge in [-0.15, -0.1) is 0 Å². The van der Waals surface area contributed by atoms with Gasteiger partial charge in [-0.3, -0.25) is 4.90 Å². The molecule has 1 aliphatic rings. The third-order valence-electron chi connectivity index (χ3n) is 3.17. The summed E-state index contributed by atoms with van der Waals surface area (Å²) in [6.07, 6.45) is 0.598. The van der Waals surface area contributed by atoms with E-state index >= 15 is 0 Å². The van der Waals surface area contributed by atoms with Crippen LogP contribution in [-0.4, -0.2) is 43.9 Å². The summed E-state index contributed by atoms with van der Waals surface area (Å²) in [5.74, 6) is 0.779. The number of rotatable bonds is 5. The first kappa shape index (κ1) is 14.3. The molecular formula is C15H17N3O2. The molecule has 20 heavy (non-hydrogen) atoms. The van der Waals surface area contributed by atoms with Gasteiger partial charge in [0.2, 0.25) is 0 Å². The van der Waals surface area contributed by atoms with Gasteiger partial charge in [-0.2, -0.15) is 10.5 Å². The molecular weight excluding hydrogens is 254 g/mol. The highest BCUT2D eigenvalue weighted by Crippen LogP contribution is 2.12. The van der Waals surface area contributed by atoms with Crippen LogP contribution in [0.5, 0.6) is 5.75 Å². The number of ether oxygens (including phenoxy) is 2. The van der Waals surface area contributed by atoms with E-state index in [9.17, 15) is 0 Å². The number of morpholine rings is 1. The van der Waals surface area contributed by atoms with Crippen molar-refractivity contribution >= 4 is 0 Å². The zero-order valence-electron chi connectivity index (χ0n) is 11.3. The zero-order valence-corrected chi connectivity index (χ0v) is 11.3. The standard InChI is InChI=1S/C15H17N3O2/c16-10-13-2-4-14(5-3-13)19-8-1-6-18-7-9-20-15(11-17)12-18/h2-5,15H,1,6-9,12H2. The molecule has 5 nitrogen and oxygen atoms in total. The zero-order chi connectivity index (χ0) is 14.2. The van der Waals surface area contributed by atoms with Crippen molar-refractivity contribution in [2.75, 3.05) is 32.8 Å². The third kappa shape index (κ3) is 4.24. The van der Waals surface area contributed by atoms with Crippen molar-refractivity contribution in [1.29, 1.82) is 10.5 Å². The first-order chi connectivity index (χ1) is 9.81. The second kappa shape index (κ2) is 7.49. The smallest absolute Gasteiger partial charge is 0.156 e. The highest BCUT2D eigenvalue weighted by Gasteiger charge is 2.19. The van der Waals surface area contributed by atoms with Crippen LogP contribution >= 0.6 is 0 Å². The van der Waals surface area contributed by atoms with Crippen molar-refractivity contribution < 1.29 is 9.47 Å². The van der Waals surface area contributed by atoms with Crippen LogP contribution in [0.25, 0.3) is 0 Å². The van der Waals surface area contributed by atoms with Gasteiger partial charge in [0.15, 0.2) is 6.10 Å². The van der Waals surface area contributed by atoms with E-state index in [0.29, 0.717) is 25.3 Å². The summed E-state index contributed by atoms with van der Waals surface area (Å²) < 4.78 is 10.9. The van der Waals surface area contributed by atoms with Crippen LogP contribution in [0.1, 0.15) is 12.0 Å². The van der Waals surface area contributed by atoms with E-state index in [-0.39, 0.29) is 6.10 Å². The van der Waals surface area contributed by atoms with Crippen LogP contribution in [0.4, 0.5) is 0 Å². The number of nitrogens with zero attached hydrogens (tertiary/aromatic N) is 3. The molecule has 1 heterocycles. The van der Waals surface area contributed by atoms with Crippen LogP contribution in [0.3, 0.4) is 0 Å². The Labute approximate surface area is 118 Å². The van der Waals surface area contributed by atoms with Gasteiger partial charge in [-0.05, 0) is 30.7 Å². The van der Waals surface area contributed by atoms with Gasteiger partial charge in [0.25, 0.3) is 0 Å². The quantitative estimate of drug-likeness (QED) is 0.760. The lowest BCUT2D eigenvalue weighted by Crippen LogP contribution is -2.42. The Kier molecular flexibility index (Phi) is 5.37. The Bertz CT molecular complexity index is 501. The Hall–Kier alpha value is -2.08. The Morgan fingerprint density at radius 3 is 2.80 bits per heavy atom. The van der Waals surface area contributed by atoms with Crippen molar-refractivity contribution in [1.82, 2.24) is 4.90 Å². The molecule has 1 atom stereocenters. The van der Waals surface area contributed by atoms with Gasteiger partial charge in [0, 0.05) is 19.6 Å². The van der Waals surface area contributed by atoms with E-state index in [0.717, 1.165) is 25.3 Å². The number of benzene rings is 1. The van der Waals surface area contributed by atoms with E-state index in [4.69, 9.17) is 20.0 Å². The number of hydrogen-bond donors (Lipinski definition) is 0. The fourth-order valence-corrected chi connectivity index (χ4v) is 2.09. The lowest BCUT2D eigenvalue weighted by Gasteiger charge is -2.29. The van der Waals surface area contributed by atoms with Crippen molar-refractivity contribution in [2.45, 2.75) is 12.5 Å². The molecule has 1 unspecified atom stereocenters. The second-order valence-corrected chi connectivity index (χ2v) is 4.63. The minimum atomic E-state index is -0.303. The molecule has 2 rings (SSSR count). The second-order valence-electron chi connectivity index (χ2n) is 4.63. The van der Waals surface area contributed by atoms with Gasteiger partial charge in [0.05, 0.1) is 30.9 Å². The highest BCUT2D eigenvalue weighted by molar-refractivity contribution is 5.34. The molecule has 0 saturated carbocycles. The lowest BCUT2D eigenvalue weighted by molar-refractivity contribution is -0.000844. The van der Waals surface area contributed by atoms with Crippen LogP contribution in [0.2, 0.25) is 0 Å². The van der Waals surface area contributed by atoms with E-state index < -0.39 is 0 Å². The highest BCUT2D eigenvalue weighted by atomic mass is 16.5. The van der Waals surface area contributed by atoms with Crippen LogP contribution in [-0.2, 0) is 4.74 Å². The fraction of sp³-hybridized carbons (Fsp3) is 0.467. The van der Waals surface area contributed by atoms with Crippen LogP contribution in [0.15, 0.2) is 24.3 Å². The molecule has 0 aromatic heterocycles. The fourth-order valence-electron chi connectivity index (χ4n) is 2.09. The minimum absolute atomic E-state index is 0.303.